The molecule has 6 nitrogen and oxygen atoms in total. The number of ether oxygens (including phenoxy) is 1. The molecule has 1 amide bonds. The number of esters is 1. The number of aryl methyl sites for hydroxylation is 2. The van der Waals surface area contributed by atoms with Gasteiger partial charge in [0.25, 0.3) is 5.91 Å². The molecule has 4 aromatic carbocycles. The topological polar surface area (TPSA) is 81.2 Å². The number of hydrogen-bond donors (Lipinski definition) is 1. The molecule has 0 aliphatic carbocycles. The van der Waals surface area contributed by atoms with Crippen LogP contribution in [0.15, 0.2) is 91.1 Å². The molecule has 1 atom stereocenters. The van der Waals surface area contributed by atoms with Crippen molar-refractivity contribution >= 4 is 22.9 Å². The number of methoxy groups -OCH3 is 1. The number of aromatic nitrogens is 2. The van der Waals surface area contributed by atoms with Gasteiger partial charge in [0.2, 0.25) is 0 Å². The lowest BCUT2D eigenvalue weighted by Gasteiger charge is -2.20. The highest BCUT2D eigenvalue weighted by atomic mass is 16.5. The standard InChI is InChI=1S/C35H33N3O3/c1-21(2)31(35(40)41-5)38-34(39)29-9-7-6-8-28(29)30-20-36-32-26(24-14-10-22(3)11-15-24)18-19-27(33(32)37-30)25-16-12-23(4)13-17-25/h6-21,31H,1-5H3,(H,38,39)/t31-/m0/s1. The predicted octanol–water partition coefficient (Wildman–Crippen LogP) is 7.18. The van der Waals surface area contributed by atoms with Gasteiger partial charge in [-0.15, -0.1) is 0 Å². The van der Waals surface area contributed by atoms with Crippen molar-refractivity contribution in [3.8, 4) is 33.5 Å². The number of fused-ring (bicyclic) bond motifs is 1. The van der Waals surface area contributed by atoms with Gasteiger partial charge in [0.05, 0.1) is 30.0 Å². The molecule has 206 valence electrons. The molecule has 1 aromatic heterocycles. The van der Waals surface area contributed by atoms with Crippen LogP contribution < -0.4 is 5.32 Å². The first kappa shape index (κ1) is 27.7. The molecule has 1 N–H and O–H groups in total. The molecule has 0 aliphatic heterocycles. The van der Waals surface area contributed by atoms with Gasteiger partial charge in [-0.1, -0.05) is 104 Å². The zero-order chi connectivity index (χ0) is 29.1. The zero-order valence-corrected chi connectivity index (χ0v) is 23.9. The molecule has 0 radical (unpaired) electrons. The monoisotopic (exact) mass is 543 g/mol. The third kappa shape index (κ3) is 5.73. The van der Waals surface area contributed by atoms with Crippen LogP contribution in [0, 0.1) is 19.8 Å². The van der Waals surface area contributed by atoms with E-state index in [-0.39, 0.29) is 11.8 Å². The lowest BCUT2D eigenvalue weighted by atomic mass is 9.96. The van der Waals surface area contributed by atoms with Gasteiger partial charge in [0.1, 0.15) is 6.04 Å². The van der Waals surface area contributed by atoms with Gasteiger partial charge in [0, 0.05) is 22.3 Å². The maximum absolute atomic E-state index is 13.5. The van der Waals surface area contributed by atoms with Crippen molar-refractivity contribution < 1.29 is 14.3 Å². The number of carbonyl (C=O) groups is 2. The summed E-state index contributed by atoms with van der Waals surface area (Å²) in [5, 5.41) is 2.85. The first-order chi connectivity index (χ1) is 19.8. The molecule has 0 saturated carbocycles. The molecule has 41 heavy (non-hydrogen) atoms. The van der Waals surface area contributed by atoms with E-state index < -0.39 is 12.0 Å². The molecular weight excluding hydrogens is 510 g/mol. The third-order valence-corrected chi connectivity index (χ3v) is 7.28. The number of rotatable bonds is 7. The van der Waals surface area contributed by atoms with Crippen LogP contribution in [0.2, 0.25) is 0 Å². The quantitative estimate of drug-likeness (QED) is 0.220. The zero-order valence-electron chi connectivity index (χ0n) is 23.9. The predicted molar refractivity (Wildman–Crippen MR) is 163 cm³/mol. The molecular formula is C35H33N3O3. The largest absolute Gasteiger partial charge is 0.467 e. The van der Waals surface area contributed by atoms with E-state index in [0.717, 1.165) is 33.3 Å². The minimum absolute atomic E-state index is 0.142. The first-order valence-electron chi connectivity index (χ1n) is 13.7. The highest BCUT2D eigenvalue weighted by Crippen LogP contribution is 2.35. The summed E-state index contributed by atoms with van der Waals surface area (Å²) >= 11 is 0. The van der Waals surface area contributed by atoms with Crippen LogP contribution >= 0.6 is 0 Å². The number of carbonyl (C=O) groups excluding carboxylic acids is 2. The smallest absolute Gasteiger partial charge is 0.328 e. The van der Waals surface area contributed by atoms with Crippen LogP contribution in [0.3, 0.4) is 0 Å². The number of nitrogens with zero attached hydrogens (tertiary/aromatic N) is 2. The van der Waals surface area contributed by atoms with Crippen molar-refractivity contribution in [2.24, 2.45) is 5.92 Å². The Hall–Kier alpha value is -4.84. The third-order valence-electron chi connectivity index (χ3n) is 7.28. The van der Waals surface area contributed by atoms with Crippen molar-refractivity contribution in [3.63, 3.8) is 0 Å². The fourth-order valence-corrected chi connectivity index (χ4v) is 4.91. The summed E-state index contributed by atoms with van der Waals surface area (Å²) in [6.07, 6.45) is 1.71. The minimum Gasteiger partial charge on any atom is -0.467 e. The summed E-state index contributed by atoms with van der Waals surface area (Å²) in [5.74, 6) is -1.00. The number of benzene rings is 4. The SMILES string of the molecule is COC(=O)[C@@H](NC(=O)c1ccccc1-c1cnc2c(-c3ccc(C)cc3)ccc(-c3ccc(C)cc3)c2n1)C(C)C. The van der Waals surface area contributed by atoms with Gasteiger partial charge in [-0.3, -0.25) is 9.78 Å². The molecule has 0 spiro atoms. The molecule has 5 rings (SSSR count). The summed E-state index contributed by atoms with van der Waals surface area (Å²) in [6.45, 7) is 7.85. The van der Waals surface area contributed by atoms with Gasteiger partial charge in [0.15, 0.2) is 0 Å². The van der Waals surface area contributed by atoms with Crippen LogP contribution in [-0.4, -0.2) is 35.0 Å². The Morgan fingerprint density at radius 2 is 1.29 bits per heavy atom. The van der Waals surface area contributed by atoms with E-state index in [4.69, 9.17) is 14.7 Å². The Kier molecular flexibility index (Phi) is 7.92. The molecule has 0 fully saturated rings. The lowest BCUT2D eigenvalue weighted by molar-refractivity contribution is -0.144. The Balaban J connectivity index is 1.66. The second-order valence-corrected chi connectivity index (χ2v) is 10.6. The highest BCUT2D eigenvalue weighted by molar-refractivity contribution is 6.04. The fourth-order valence-electron chi connectivity index (χ4n) is 4.91. The number of hydrogen-bond acceptors (Lipinski definition) is 5. The fraction of sp³-hybridized carbons (Fsp3) is 0.200. The summed E-state index contributed by atoms with van der Waals surface area (Å²) in [4.78, 5) is 35.8. The van der Waals surface area contributed by atoms with Crippen LogP contribution in [0.1, 0.15) is 35.3 Å². The molecule has 1 heterocycles. The van der Waals surface area contributed by atoms with Crippen molar-refractivity contribution in [3.05, 3.63) is 108 Å². The van der Waals surface area contributed by atoms with Crippen LogP contribution in [0.4, 0.5) is 0 Å². The van der Waals surface area contributed by atoms with Crippen molar-refractivity contribution in [2.45, 2.75) is 33.7 Å². The van der Waals surface area contributed by atoms with Gasteiger partial charge in [-0.2, -0.15) is 0 Å². The molecule has 0 bridgehead atoms. The van der Waals surface area contributed by atoms with Crippen LogP contribution in [0.25, 0.3) is 44.5 Å². The van der Waals surface area contributed by atoms with Crippen molar-refractivity contribution in [2.75, 3.05) is 7.11 Å². The maximum atomic E-state index is 13.5. The average Bonchev–Trinajstić information content (AvgIpc) is 2.99. The van der Waals surface area contributed by atoms with E-state index in [1.54, 1.807) is 18.3 Å². The Labute approximate surface area is 240 Å². The van der Waals surface area contributed by atoms with Gasteiger partial charge >= 0.3 is 5.97 Å². The summed E-state index contributed by atoms with van der Waals surface area (Å²) in [7, 11) is 1.32. The summed E-state index contributed by atoms with van der Waals surface area (Å²) in [5.41, 5.74) is 9.51. The second kappa shape index (κ2) is 11.7. The number of nitrogens with one attached hydrogen (secondary N) is 1. The van der Waals surface area contributed by atoms with E-state index in [9.17, 15) is 9.59 Å². The lowest BCUT2D eigenvalue weighted by Crippen LogP contribution is -2.45. The van der Waals surface area contributed by atoms with Crippen molar-refractivity contribution in [1.82, 2.24) is 15.3 Å². The normalized spacial score (nSPS) is 11.9. The maximum Gasteiger partial charge on any atom is 0.328 e. The molecule has 0 aliphatic rings. The van der Waals surface area contributed by atoms with Gasteiger partial charge in [-0.25, -0.2) is 9.78 Å². The van der Waals surface area contributed by atoms with E-state index in [2.05, 4.69) is 79.8 Å². The molecule has 5 aromatic rings. The minimum atomic E-state index is -0.770. The van der Waals surface area contributed by atoms with Crippen molar-refractivity contribution in [1.29, 1.82) is 0 Å². The first-order valence-corrected chi connectivity index (χ1v) is 13.7. The van der Waals surface area contributed by atoms with E-state index >= 15 is 0 Å². The number of amides is 1. The second-order valence-electron chi connectivity index (χ2n) is 10.6. The van der Waals surface area contributed by atoms with Crippen LogP contribution in [0.5, 0.6) is 0 Å². The van der Waals surface area contributed by atoms with E-state index in [0.29, 0.717) is 16.8 Å². The summed E-state index contributed by atoms with van der Waals surface area (Å²) < 4.78 is 4.91. The van der Waals surface area contributed by atoms with E-state index in [1.807, 2.05) is 26.0 Å². The molecule has 0 saturated heterocycles. The molecule has 0 unspecified atom stereocenters. The van der Waals surface area contributed by atoms with E-state index in [1.165, 1.54) is 18.2 Å². The summed E-state index contributed by atoms with van der Waals surface area (Å²) in [6, 6.07) is 27.4. The Morgan fingerprint density at radius 3 is 1.85 bits per heavy atom. The van der Waals surface area contributed by atoms with Gasteiger partial charge < -0.3 is 10.1 Å². The molecule has 6 heteroatoms. The Morgan fingerprint density at radius 1 is 0.732 bits per heavy atom. The Bertz CT molecular complexity index is 1730. The van der Waals surface area contributed by atoms with Gasteiger partial charge in [-0.05, 0) is 37.0 Å². The highest BCUT2D eigenvalue weighted by Gasteiger charge is 2.26. The van der Waals surface area contributed by atoms with Crippen LogP contribution in [-0.2, 0) is 9.53 Å². The average molecular weight is 544 g/mol.